The van der Waals surface area contributed by atoms with Crippen LogP contribution in [0.1, 0.15) is 31.7 Å². The van der Waals surface area contributed by atoms with Gasteiger partial charge in [0.05, 0.1) is 6.54 Å². The SMILES string of the molecule is CCNC(=NCC1CCCN1Cc1ccccc1)NCCN(C)CCCOC.I. The molecule has 29 heavy (non-hydrogen) atoms. The predicted octanol–water partition coefficient (Wildman–Crippen LogP) is 2.79. The van der Waals surface area contributed by atoms with Crippen LogP contribution in [-0.4, -0.2) is 81.8 Å². The maximum Gasteiger partial charge on any atom is 0.191 e. The highest BCUT2D eigenvalue weighted by atomic mass is 127. The number of likely N-dealkylation sites (tertiary alicyclic amines) is 1. The molecule has 2 N–H and O–H groups in total. The second-order valence-corrected chi connectivity index (χ2v) is 7.55. The first-order valence-electron chi connectivity index (χ1n) is 10.7. The van der Waals surface area contributed by atoms with E-state index < -0.39 is 0 Å². The van der Waals surface area contributed by atoms with Crippen molar-refractivity contribution in [1.29, 1.82) is 0 Å². The minimum atomic E-state index is 0. The van der Waals surface area contributed by atoms with Crippen LogP contribution < -0.4 is 10.6 Å². The number of hydrogen-bond acceptors (Lipinski definition) is 4. The molecule has 1 aliphatic heterocycles. The monoisotopic (exact) mass is 517 g/mol. The van der Waals surface area contributed by atoms with Crippen LogP contribution in [0.25, 0.3) is 0 Å². The van der Waals surface area contributed by atoms with Gasteiger partial charge in [-0.3, -0.25) is 9.89 Å². The van der Waals surface area contributed by atoms with E-state index in [2.05, 4.69) is 64.7 Å². The molecular weight excluding hydrogens is 477 g/mol. The van der Waals surface area contributed by atoms with Crippen molar-refractivity contribution in [2.75, 3.05) is 60.0 Å². The standard InChI is InChI=1S/C22H39N5O.HI/c1-4-23-22(24-13-16-26(2)14-9-17-28-3)25-18-21-12-8-15-27(21)19-20-10-6-5-7-11-20;/h5-7,10-11,21H,4,8-9,12-19H2,1-3H3,(H2,23,24,25);1H. The van der Waals surface area contributed by atoms with E-state index in [9.17, 15) is 0 Å². The van der Waals surface area contributed by atoms with Gasteiger partial charge in [-0.15, -0.1) is 24.0 Å². The molecule has 166 valence electrons. The third kappa shape index (κ3) is 10.6. The van der Waals surface area contributed by atoms with Crippen molar-refractivity contribution in [2.24, 2.45) is 4.99 Å². The summed E-state index contributed by atoms with van der Waals surface area (Å²) in [6.45, 7) is 9.82. The second kappa shape index (κ2) is 15.9. The number of halogens is 1. The van der Waals surface area contributed by atoms with Gasteiger partial charge in [-0.2, -0.15) is 0 Å². The van der Waals surface area contributed by atoms with Crippen LogP contribution in [0, 0.1) is 0 Å². The van der Waals surface area contributed by atoms with E-state index in [0.717, 1.165) is 58.3 Å². The Kier molecular flexibility index (Phi) is 14.3. The van der Waals surface area contributed by atoms with Gasteiger partial charge in [-0.1, -0.05) is 30.3 Å². The molecule has 0 spiro atoms. The highest BCUT2D eigenvalue weighted by Crippen LogP contribution is 2.20. The average Bonchev–Trinajstić information content (AvgIpc) is 3.14. The van der Waals surface area contributed by atoms with E-state index in [0.29, 0.717) is 6.04 Å². The number of hydrogen-bond donors (Lipinski definition) is 2. The Hall–Kier alpha value is -0.900. The van der Waals surface area contributed by atoms with E-state index >= 15 is 0 Å². The topological polar surface area (TPSA) is 52.1 Å². The molecule has 1 unspecified atom stereocenters. The van der Waals surface area contributed by atoms with Gasteiger partial charge < -0.3 is 20.3 Å². The molecule has 7 heteroatoms. The Labute approximate surface area is 194 Å². The molecule has 2 rings (SSSR count). The summed E-state index contributed by atoms with van der Waals surface area (Å²) in [6, 6.07) is 11.3. The van der Waals surface area contributed by atoms with Crippen molar-refractivity contribution < 1.29 is 4.74 Å². The van der Waals surface area contributed by atoms with Gasteiger partial charge in [0.15, 0.2) is 5.96 Å². The fourth-order valence-electron chi connectivity index (χ4n) is 3.62. The summed E-state index contributed by atoms with van der Waals surface area (Å²) in [7, 11) is 3.91. The Bertz CT molecular complexity index is 557. The Morgan fingerprint density at radius 2 is 2.03 bits per heavy atom. The zero-order chi connectivity index (χ0) is 20.0. The number of nitrogens with one attached hydrogen (secondary N) is 2. The van der Waals surface area contributed by atoms with Gasteiger partial charge >= 0.3 is 0 Å². The smallest absolute Gasteiger partial charge is 0.191 e. The lowest BCUT2D eigenvalue weighted by molar-refractivity contribution is 0.180. The van der Waals surface area contributed by atoms with Crippen molar-refractivity contribution in [3.8, 4) is 0 Å². The molecule has 1 aliphatic rings. The lowest BCUT2D eigenvalue weighted by Crippen LogP contribution is -2.42. The maximum atomic E-state index is 5.12. The minimum Gasteiger partial charge on any atom is -0.385 e. The summed E-state index contributed by atoms with van der Waals surface area (Å²) in [5.41, 5.74) is 1.39. The Morgan fingerprint density at radius 1 is 1.24 bits per heavy atom. The predicted molar refractivity (Wildman–Crippen MR) is 133 cm³/mol. The Morgan fingerprint density at radius 3 is 2.76 bits per heavy atom. The van der Waals surface area contributed by atoms with Crippen LogP contribution in [0.4, 0.5) is 0 Å². The summed E-state index contributed by atoms with van der Waals surface area (Å²) < 4.78 is 5.12. The third-order valence-corrected chi connectivity index (χ3v) is 5.21. The van der Waals surface area contributed by atoms with Gasteiger partial charge in [0, 0.05) is 52.5 Å². The van der Waals surface area contributed by atoms with Gasteiger partial charge in [0.2, 0.25) is 0 Å². The molecule has 0 saturated carbocycles. The molecule has 0 aliphatic carbocycles. The van der Waals surface area contributed by atoms with E-state index in [1.54, 1.807) is 7.11 Å². The molecule has 1 aromatic carbocycles. The molecule has 1 fully saturated rings. The van der Waals surface area contributed by atoms with Crippen LogP contribution in [0.3, 0.4) is 0 Å². The van der Waals surface area contributed by atoms with E-state index in [4.69, 9.17) is 9.73 Å². The minimum absolute atomic E-state index is 0. The molecule has 0 radical (unpaired) electrons. The van der Waals surface area contributed by atoms with Crippen LogP contribution in [0.5, 0.6) is 0 Å². The number of aliphatic imine (C=N–C) groups is 1. The third-order valence-electron chi connectivity index (χ3n) is 5.21. The molecule has 0 aromatic heterocycles. The van der Waals surface area contributed by atoms with Gasteiger partial charge in [0.1, 0.15) is 0 Å². The largest absolute Gasteiger partial charge is 0.385 e. The summed E-state index contributed by atoms with van der Waals surface area (Å²) in [5.74, 6) is 0.930. The lowest BCUT2D eigenvalue weighted by atomic mass is 10.2. The normalized spacial score (nSPS) is 17.4. The molecule has 1 atom stereocenters. The summed E-state index contributed by atoms with van der Waals surface area (Å²) in [6.07, 6.45) is 3.57. The van der Waals surface area contributed by atoms with Crippen LogP contribution in [-0.2, 0) is 11.3 Å². The number of nitrogens with zero attached hydrogens (tertiary/aromatic N) is 3. The van der Waals surface area contributed by atoms with E-state index in [-0.39, 0.29) is 24.0 Å². The molecule has 1 aromatic rings. The number of ether oxygens (including phenoxy) is 1. The van der Waals surface area contributed by atoms with Crippen molar-refractivity contribution in [3.05, 3.63) is 35.9 Å². The highest BCUT2D eigenvalue weighted by Gasteiger charge is 2.24. The first kappa shape index (κ1) is 26.1. The number of benzene rings is 1. The second-order valence-electron chi connectivity index (χ2n) is 7.55. The molecule has 0 bridgehead atoms. The number of methoxy groups -OCH3 is 1. The molecular formula is C22H40IN5O. The van der Waals surface area contributed by atoms with Crippen molar-refractivity contribution >= 4 is 29.9 Å². The van der Waals surface area contributed by atoms with Gasteiger partial charge in [-0.25, -0.2) is 0 Å². The Balaban J connectivity index is 0.00000420. The number of rotatable bonds is 12. The van der Waals surface area contributed by atoms with Crippen molar-refractivity contribution in [2.45, 2.75) is 38.8 Å². The summed E-state index contributed by atoms with van der Waals surface area (Å²) in [4.78, 5) is 9.78. The fraction of sp³-hybridized carbons (Fsp3) is 0.682. The molecule has 6 nitrogen and oxygen atoms in total. The van der Waals surface area contributed by atoms with Crippen molar-refractivity contribution in [3.63, 3.8) is 0 Å². The van der Waals surface area contributed by atoms with Gasteiger partial charge in [0.25, 0.3) is 0 Å². The van der Waals surface area contributed by atoms with Crippen LogP contribution in [0.15, 0.2) is 35.3 Å². The number of guanidine groups is 1. The van der Waals surface area contributed by atoms with Crippen molar-refractivity contribution in [1.82, 2.24) is 20.4 Å². The fourth-order valence-corrected chi connectivity index (χ4v) is 3.62. The molecule has 1 heterocycles. The zero-order valence-corrected chi connectivity index (χ0v) is 20.7. The lowest BCUT2D eigenvalue weighted by Gasteiger charge is -2.24. The van der Waals surface area contributed by atoms with E-state index in [1.165, 1.54) is 24.9 Å². The average molecular weight is 518 g/mol. The van der Waals surface area contributed by atoms with Crippen LogP contribution in [0.2, 0.25) is 0 Å². The number of likely N-dealkylation sites (N-methyl/N-ethyl adjacent to an activating group) is 1. The van der Waals surface area contributed by atoms with Gasteiger partial charge in [-0.05, 0) is 45.3 Å². The quantitative estimate of drug-likeness (QED) is 0.193. The highest BCUT2D eigenvalue weighted by molar-refractivity contribution is 14.0. The zero-order valence-electron chi connectivity index (χ0n) is 18.4. The first-order valence-corrected chi connectivity index (χ1v) is 10.7. The summed E-state index contributed by atoms with van der Waals surface area (Å²) >= 11 is 0. The summed E-state index contributed by atoms with van der Waals surface area (Å²) in [5, 5.41) is 6.86. The van der Waals surface area contributed by atoms with Crippen LogP contribution >= 0.6 is 24.0 Å². The first-order chi connectivity index (χ1) is 13.7. The molecule has 0 amide bonds. The molecule has 1 saturated heterocycles. The van der Waals surface area contributed by atoms with E-state index in [1.807, 2.05) is 0 Å². The maximum absolute atomic E-state index is 5.12.